The van der Waals surface area contributed by atoms with E-state index in [0.717, 1.165) is 17.9 Å². The minimum atomic E-state index is 0.362. The first kappa shape index (κ1) is 17.4. The zero-order valence-corrected chi connectivity index (χ0v) is 16.1. The van der Waals surface area contributed by atoms with Crippen LogP contribution in [0.2, 0.25) is 0 Å². The van der Waals surface area contributed by atoms with Crippen LogP contribution in [0.25, 0.3) is 0 Å². The first-order valence-electron chi connectivity index (χ1n) is 10.7. The number of phenolic OH excluding ortho intramolecular Hbond substituents is 1. The van der Waals surface area contributed by atoms with E-state index in [1.54, 1.807) is 0 Å². The number of rotatable bonds is 5. The summed E-state index contributed by atoms with van der Waals surface area (Å²) >= 11 is 0. The SMILES string of the molecule is CCC(CC)CCN1CC[C@]23CCCC[C@H]2[C@H]1Cc1ccc(O)cc13. The number of benzene rings is 1. The van der Waals surface area contributed by atoms with Gasteiger partial charge in [-0.05, 0) is 80.3 Å². The molecule has 25 heavy (non-hydrogen) atoms. The van der Waals surface area contributed by atoms with Crippen molar-refractivity contribution in [2.24, 2.45) is 11.8 Å². The quantitative estimate of drug-likeness (QED) is 0.788. The molecule has 138 valence electrons. The van der Waals surface area contributed by atoms with Gasteiger partial charge in [-0.15, -0.1) is 0 Å². The molecule has 2 aliphatic carbocycles. The summed E-state index contributed by atoms with van der Waals surface area (Å²) in [6, 6.07) is 6.97. The molecule has 2 bridgehead atoms. The summed E-state index contributed by atoms with van der Waals surface area (Å²) in [6.45, 7) is 7.24. The minimum absolute atomic E-state index is 0.362. The van der Waals surface area contributed by atoms with Gasteiger partial charge in [0.15, 0.2) is 0 Å². The van der Waals surface area contributed by atoms with E-state index in [-0.39, 0.29) is 0 Å². The van der Waals surface area contributed by atoms with E-state index in [0.29, 0.717) is 11.2 Å². The first-order valence-corrected chi connectivity index (χ1v) is 10.7. The molecule has 0 radical (unpaired) electrons. The van der Waals surface area contributed by atoms with Crippen molar-refractivity contribution >= 4 is 0 Å². The molecule has 1 saturated heterocycles. The van der Waals surface area contributed by atoms with Gasteiger partial charge >= 0.3 is 0 Å². The molecule has 1 aromatic rings. The Labute approximate surface area is 153 Å². The molecule has 0 spiro atoms. The third-order valence-corrected chi connectivity index (χ3v) is 7.91. The van der Waals surface area contributed by atoms with Crippen molar-refractivity contribution in [3.63, 3.8) is 0 Å². The van der Waals surface area contributed by atoms with Gasteiger partial charge in [0, 0.05) is 11.5 Å². The van der Waals surface area contributed by atoms with E-state index < -0.39 is 0 Å². The van der Waals surface area contributed by atoms with Crippen molar-refractivity contribution in [3.05, 3.63) is 29.3 Å². The second-order valence-electron chi connectivity index (χ2n) is 8.88. The van der Waals surface area contributed by atoms with E-state index in [1.165, 1.54) is 82.0 Å². The number of hydrogen-bond donors (Lipinski definition) is 1. The Hall–Kier alpha value is -1.02. The fourth-order valence-corrected chi connectivity index (χ4v) is 6.40. The van der Waals surface area contributed by atoms with Gasteiger partial charge in [0.1, 0.15) is 5.75 Å². The number of fused-ring (bicyclic) bond motifs is 1. The molecule has 2 nitrogen and oxygen atoms in total. The number of phenols is 1. The van der Waals surface area contributed by atoms with Crippen LogP contribution in [0.1, 0.15) is 76.3 Å². The number of likely N-dealkylation sites (tertiary alicyclic amines) is 1. The van der Waals surface area contributed by atoms with Gasteiger partial charge in [-0.25, -0.2) is 0 Å². The standard InChI is InChI=1S/C23H35NO/c1-3-17(4-2)10-13-24-14-12-23-11-6-5-7-20(23)22(24)15-18-8-9-19(25)16-21(18)23/h8-9,16-17,20,22,25H,3-7,10-15H2,1-2H3/t20-,22+,23+/m0/s1. The maximum absolute atomic E-state index is 10.1. The van der Waals surface area contributed by atoms with E-state index >= 15 is 0 Å². The Morgan fingerprint density at radius 1 is 1.20 bits per heavy atom. The fraction of sp³-hybridized carbons (Fsp3) is 0.739. The number of piperidine rings is 1. The zero-order valence-electron chi connectivity index (χ0n) is 16.1. The average molecular weight is 342 g/mol. The van der Waals surface area contributed by atoms with Crippen LogP contribution in [0.3, 0.4) is 0 Å². The predicted octanol–water partition coefficient (Wildman–Crippen LogP) is 5.28. The van der Waals surface area contributed by atoms with E-state index in [9.17, 15) is 5.11 Å². The summed E-state index contributed by atoms with van der Waals surface area (Å²) in [5.74, 6) is 2.17. The molecule has 3 atom stereocenters. The third kappa shape index (κ3) is 2.91. The molecule has 0 unspecified atom stereocenters. The van der Waals surface area contributed by atoms with Crippen LogP contribution in [0.15, 0.2) is 18.2 Å². The summed E-state index contributed by atoms with van der Waals surface area (Å²) in [6.07, 6.45) is 12.0. The lowest BCUT2D eigenvalue weighted by atomic mass is 9.52. The molecular formula is C23H35NO. The Balaban J connectivity index is 1.62. The predicted molar refractivity (Wildman–Crippen MR) is 104 cm³/mol. The fourth-order valence-electron chi connectivity index (χ4n) is 6.40. The molecule has 4 rings (SSSR count). The molecular weight excluding hydrogens is 306 g/mol. The molecule has 1 saturated carbocycles. The Kier molecular flexibility index (Phi) is 4.83. The van der Waals surface area contributed by atoms with Crippen molar-refractivity contribution in [3.8, 4) is 5.75 Å². The summed E-state index contributed by atoms with van der Waals surface area (Å²) in [4.78, 5) is 2.85. The second kappa shape index (κ2) is 6.95. The molecule has 2 fully saturated rings. The largest absolute Gasteiger partial charge is 0.508 e. The summed E-state index contributed by atoms with van der Waals surface area (Å²) in [5.41, 5.74) is 3.39. The summed E-state index contributed by atoms with van der Waals surface area (Å²) in [7, 11) is 0. The van der Waals surface area contributed by atoms with Gasteiger partial charge in [0.2, 0.25) is 0 Å². The topological polar surface area (TPSA) is 23.5 Å². The highest BCUT2D eigenvalue weighted by Gasteiger charge is 2.53. The molecule has 1 N–H and O–H groups in total. The van der Waals surface area contributed by atoms with Crippen LogP contribution < -0.4 is 0 Å². The van der Waals surface area contributed by atoms with Gasteiger partial charge in [0.25, 0.3) is 0 Å². The molecule has 3 aliphatic rings. The van der Waals surface area contributed by atoms with Gasteiger partial charge in [0.05, 0.1) is 0 Å². The highest BCUT2D eigenvalue weighted by atomic mass is 16.3. The first-order chi connectivity index (χ1) is 12.2. The third-order valence-electron chi connectivity index (χ3n) is 7.91. The monoisotopic (exact) mass is 341 g/mol. The Morgan fingerprint density at radius 2 is 2.04 bits per heavy atom. The lowest BCUT2D eigenvalue weighted by Gasteiger charge is -2.59. The van der Waals surface area contributed by atoms with Crippen LogP contribution in [0.4, 0.5) is 0 Å². The van der Waals surface area contributed by atoms with Crippen molar-refractivity contribution in [2.45, 2.75) is 83.1 Å². The van der Waals surface area contributed by atoms with Gasteiger partial charge in [-0.3, -0.25) is 4.90 Å². The van der Waals surface area contributed by atoms with Crippen molar-refractivity contribution in [1.82, 2.24) is 4.90 Å². The Bertz CT molecular complexity index is 608. The minimum Gasteiger partial charge on any atom is -0.508 e. The summed E-state index contributed by atoms with van der Waals surface area (Å²) in [5, 5.41) is 10.1. The van der Waals surface area contributed by atoms with Crippen LogP contribution in [-0.2, 0) is 11.8 Å². The van der Waals surface area contributed by atoms with E-state index in [1.807, 2.05) is 6.07 Å². The molecule has 0 aromatic heterocycles. The highest BCUT2D eigenvalue weighted by molar-refractivity contribution is 5.45. The zero-order chi connectivity index (χ0) is 17.4. The Morgan fingerprint density at radius 3 is 2.84 bits per heavy atom. The van der Waals surface area contributed by atoms with Crippen molar-refractivity contribution < 1.29 is 5.11 Å². The van der Waals surface area contributed by atoms with Crippen LogP contribution in [-0.4, -0.2) is 29.1 Å². The maximum Gasteiger partial charge on any atom is 0.115 e. The molecule has 1 heterocycles. The number of hydrogen-bond acceptors (Lipinski definition) is 2. The lowest BCUT2D eigenvalue weighted by molar-refractivity contribution is -0.0137. The van der Waals surface area contributed by atoms with E-state index in [2.05, 4.69) is 30.9 Å². The molecule has 0 amide bonds. The summed E-state index contributed by atoms with van der Waals surface area (Å²) < 4.78 is 0. The van der Waals surface area contributed by atoms with Gasteiger partial charge in [-0.2, -0.15) is 0 Å². The van der Waals surface area contributed by atoms with Gasteiger partial charge < -0.3 is 5.11 Å². The smallest absolute Gasteiger partial charge is 0.115 e. The maximum atomic E-state index is 10.1. The van der Waals surface area contributed by atoms with Gasteiger partial charge in [-0.1, -0.05) is 45.6 Å². The van der Waals surface area contributed by atoms with Crippen LogP contribution >= 0.6 is 0 Å². The van der Waals surface area contributed by atoms with Crippen LogP contribution in [0, 0.1) is 11.8 Å². The average Bonchev–Trinajstić information content (AvgIpc) is 2.64. The molecule has 1 aromatic carbocycles. The van der Waals surface area contributed by atoms with Crippen molar-refractivity contribution in [2.75, 3.05) is 13.1 Å². The second-order valence-corrected chi connectivity index (χ2v) is 8.88. The molecule has 1 aliphatic heterocycles. The van der Waals surface area contributed by atoms with Crippen LogP contribution in [0.5, 0.6) is 5.75 Å². The van der Waals surface area contributed by atoms with Crippen molar-refractivity contribution in [1.29, 1.82) is 0 Å². The number of aromatic hydroxyl groups is 1. The van der Waals surface area contributed by atoms with E-state index in [4.69, 9.17) is 0 Å². The normalized spacial score (nSPS) is 31.6. The lowest BCUT2D eigenvalue weighted by Crippen LogP contribution is -2.61. The molecule has 2 heteroatoms. The highest BCUT2D eigenvalue weighted by Crippen LogP contribution is 2.56. The number of nitrogens with zero attached hydrogens (tertiary/aromatic N) is 1.